The summed E-state index contributed by atoms with van der Waals surface area (Å²) in [6.45, 7) is 7.34. The van der Waals surface area contributed by atoms with Gasteiger partial charge < -0.3 is 26.8 Å². The zero-order valence-electron chi connectivity index (χ0n) is 21.3. The third-order valence-electron chi connectivity index (χ3n) is 9.54. The van der Waals surface area contributed by atoms with Gasteiger partial charge in [-0.25, -0.2) is 9.59 Å². The first kappa shape index (κ1) is 26.8. The average molecular weight is 479 g/mol. The molecule has 1 unspecified atom stereocenters. The van der Waals surface area contributed by atoms with E-state index in [2.05, 4.69) is 36.7 Å². The molecule has 3 rings (SSSR count). The molecule has 6 N–H and O–H groups in total. The lowest BCUT2D eigenvalue weighted by Gasteiger charge is -2.39. The molecule has 0 saturated heterocycles. The van der Waals surface area contributed by atoms with Crippen LogP contribution in [0.3, 0.4) is 0 Å². The number of urea groups is 1. The van der Waals surface area contributed by atoms with Crippen LogP contribution >= 0.6 is 0 Å². The molecule has 8 nitrogen and oxygen atoms in total. The molecule has 0 aromatic carbocycles. The fraction of sp³-hybridized carbons (Fsp3) is 0.885. The zero-order valence-corrected chi connectivity index (χ0v) is 21.3. The van der Waals surface area contributed by atoms with Crippen molar-refractivity contribution in [2.24, 2.45) is 28.4 Å². The number of aliphatic carboxylic acids is 1. The molecular formula is C26H46N4O4. The van der Waals surface area contributed by atoms with Crippen LogP contribution in [0.1, 0.15) is 97.8 Å². The highest BCUT2D eigenvalue weighted by Gasteiger charge is 2.61. The van der Waals surface area contributed by atoms with Crippen LogP contribution in [0, 0.1) is 22.7 Å². The lowest BCUT2D eigenvalue weighted by Crippen LogP contribution is -2.52. The number of carbonyl (C=O) groups excluding carboxylic acids is 2. The van der Waals surface area contributed by atoms with Crippen LogP contribution in [0.5, 0.6) is 0 Å². The van der Waals surface area contributed by atoms with Gasteiger partial charge in [-0.2, -0.15) is 0 Å². The van der Waals surface area contributed by atoms with Crippen LogP contribution in [0.4, 0.5) is 4.79 Å². The minimum Gasteiger partial charge on any atom is -0.480 e. The summed E-state index contributed by atoms with van der Waals surface area (Å²) in [4.78, 5) is 37.3. The first-order valence-electron chi connectivity index (χ1n) is 13.4. The van der Waals surface area contributed by atoms with Crippen molar-refractivity contribution in [3.8, 4) is 0 Å². The van der Waals surface area contributed by atoms with Crippen LogP contribution in [0.2, 0.25) is 0 Å². The second-order valence-electron chi connectivity index (χ2n) is 11.8. The van der Waals surface area contributed by atoms with E-state index in [0.29, 0.717) is 24.8 Å². The molecule has 0 aliphatic heterocycles. The van der Waals surface area contributed by atoms with Crippen molar-refractivity contribution in [3.05, 3.63) is 0 Å². The summed E-state index contributed by atoms with van der Waals surface area (Å²) in [6.07, 6.45) is 11.0. The van der Waals surface area contributed by atoms with Crippen LogP contribution in [-0.4, -0.2) is 47.7 Å². The molecule has 3 fully saturated rings. The van der Waals surface area contributed by atoms with Crippen molar-refractivity contribution in [1.29, 1.82) is 0 Å². The summed E-state index contributed by atoms with van der Waals surface area (Å²) in [5, 5.41) is 18.2. The fourth-order valence-electron chi connectivity index (χ4n) is 6.88. The van der Waals surface area contributed by atoms with Gasteiger partial charge in [0.15, 0.2) is 0 Å². The summed E-state index contributed by atoms with van der Waals surface area (Å²) in [5.41, 5.74) is 5.83. The van der Waals surface area contributed by atoms with Crippen molar-refractivity contribution in [2.75, 3.05) is 6.54 Å². The number of amides is 3. The van der Waals surface area contributed by atoms with E-state index in [1.165, 1.54) is 25.7 Å². The number of hydrogen-bond donors (Lipinski definition) is 5. The Morgan fingerprint density at radius 2 is 1.76 bits per heavy atom. The maximum atomic E-state index is 13.1. The molecule has 3 aliphatic rings. The average Bonchev–Trinajstić information content (AvgIpc) is 3.10. The van der Waals surface area contributed by atoms with Crippen LogP contribution in [0.25, 0.3) is 0 Å². The minimum atomic E-state index is -1.07. The number of nitrogens with two attached hydrogens (primary N) is 1. The lowest BCUT2D eigenvalue weighted by molar-refractivity contribution is -0.139. The highest BCUT2D eigenvalue weighted by atomic mass is 16.4. The maximum Gasteiger partial charge on any atom is 0.326 e. The van der Waals surface area contributed by atoms with E-state index in [0.717, 1.165) is 32.1 Å². The Bertz CT molecular complexity index is 736. The van der Waals surface area contributed by atoms with E-state index in [1.54, 1.807) is 0 Å². The van der Waals surface area contributed by atoms with Gasteiger partial charge in [0.2, 0.25) is 5.91 Å². The standard InChI is InChI=1S/C26H46N4O4/c1-25(2)18-11-12-26(25,3)21(15-18)30-22(31)16-19(14-17-8-5-4-6-9-17)28-24(34)29-20(23(32)33)10-7-13-27/h17-21H,4-16,27H2,1-3H3,(H,30,31)(H,32,33)(H2,28,29,34)/t18-,19?,20+,21+,26+/m1/s1. The second kappa shape index (κ2) is 11.3. The highest BCUT2D eigenvalue weighted by Crippen LogP contribution is 2.65. The zero-order chi connectivity index (χ0) is 24.9. The molecule has 3 saturated carbocycles. The summed E-state index contributed by atoms with van der Waals surface area (Å²) in [5.74, 6) is 0.0374. The van der Waals surface area contributed by atoms with E-state index in [-0.39, 0.29) is 41.7 Å². The number of hydrogen-bond acceptors (Lipinski definition) is 4. The van der Waals surface area contributed by atoms with Gasteiger partial charge in [0.25, 0.3) is 0 Å². The van der Waals surface area contributed by atoms with Crippen molar-refractivity contribution in [3.63, 3.8) is 0 Å². The van der Waals surface area contributed by atoms with Gasteiger partial charge >= 0.3 is 12.0 Å². The predicted octanol–water partition coefficient (Wildman–Crippen LogP) is 3.54. The normalized spacial score (nSPS) is 29.9. The Labute approximate surface area is 204 Å². The molecule has 5 atom stereocenters. The van der Waals surface area contributed by atoms with E-state index in [4.69, 9.17) is 5.73 Å². The molecule has 34 heavy (non-hydrogen) atoms. The van der Waals surface area contributed by atoms with Crippen LogP contribution < -0.4 is 21.7 Å². The lowest BCUT2D eigenvalue weighted by atomic mass is 9.69. The predicted molar refractivity (Wildman–Crippen MR) is 132 cm³/mol. The molecule has 2 bridgehead atoms. The molecule has 0 spiro atoms. The number of fused-ring (bicyclic) bond motifs is 2. The quantitative estimate of drug-likeness (QED) is 0.310. The Kier molecular flexibility index (Phi) is 8.87. The van der Waals surface area contributed by atoms with Crippen molar-refractivity contribution in [2.45, 2.75) is 116 Å². The van der Waals surface area contributed by atoms with Gasteiger partial charge in [-0.05, 0) is 67.7 Å². The molecule has 3 amide bonds. The Morgan fingerprint density at radius 3 is 2.32 bits per heavy atom. The van der Waals surface area contributed by atoms with E-state index in [9.17, 15) is 19.5 Å². The smallest absolute Gasteiger partial charge is 0.326 e. The summed E-state index contributed by atoms with van der Waals surface area (Å²) in [6, 6.07) is -1.65. The van der Waals surface area contributed by atoms with E-state index < -0.39 is 18.0 Å². The van der Waals surface area contributed by atoms with Crippen molar-refractivity contribution >= 4 is 17.9 Å². The Morgan fingerprint density at radius 1 is 1.06 bits per heavy atom. The first-order valence-corrected chi connectivity index (χ1v) is 13.4. The number of carboxylic acid groups (broad SMARTS) is 1. The fourth-order valence-corrected chi connectivity index (χ4v) is 6.88. The maximum absolute atomic E-state index is 13.1. The number of nitrogens with one attached hydrogen (secondary N) is 3. The Balaban J connectivity index is 1.60. The number of carbonyl (C=O) groups is 3. The second-order valence-corrected chi connectivity index (χ2v) is 11.8. The molecule has 0 heterocycles. The van der Waals surface area contributed by atoms with Gasteiger partial charge in [-0.15, -0.1) is 0 Å². The molecule has 3 aliphatic carbocycles. The topological polar surface area (TPSA) is 134 Å². The van der Waals surface area contributed by atoms with Gasteiger partial charge in [-0.3, -0.25) is 4.79 Å². The summed E-state index contributed by atoms with van der Waals surface area (Å²) in [7, 11) is 0. The van der Waals surface area contributed by atoms with E-state index >= 15 is 0 Å². The van der Waals surface area contributed by atoms with Crippen molar-refractivity contribution < 1.29 is 19.5 Å². The molecule has 8 heteroatoms. The summed E-state index contributed by atoms with van der Waals surface area (Å²) < 4.78 is 0. The minimum absolute atomic E-state index is 0.0198. The third-order valence-corrected chi connectivity index (χ3v) is 9.54. The molecular weight excluding hydrogens is 432 g/mol. The monoisotopic (exact) mass is 478 g/mol. The number of rotatable bonds is 11. The van der Waals surface area contributed by atoms with Gasteiger partial charge in [-0.1, -0.05) is 52.9 Å². The SMILES string of the molecule is CC1(C)[C@@H]2CC[C@@]1(C)[C@@H](NC(=O)CC(CC1CCCCC1)NC(=O)N[C@@H](CCCN)C(=O)O)C2. The highest BCUT2D eigenvalue weighted by molar-refractivity contribution is 5.83. The van der Waals surface area contributed by atoms with Crippen molar-refractivity contribution in [1.82, 2.24) is 16.0 Å². The van der Waals surface area contributed by atoms with E-state index in [1.807, 2.05) is 0 Å². The number of carboxylic acids is 1. The first-order chi connectivity index (χ1) is 16.1. The molecule has 194 valence electrons. The van der Waals surface area contributed by atoms with Gasteiger partial charge in [0.1, 0.15) is 6.04 Å². The van der Waals surface area contributed by atoms with Crippen LogP contribution in [0.15, 0.2) is 0 Å². The molecule has 0 aromatic heterocycles. The third kappa shape index (κ3) is 6.04. The summed E-state index contributed by atoms with van der Waals surface area (Å²) >= 11 is 0. The Hall–Kier alpha value is -1.83. The molecule has 0 radical (unpaired) electrons. The molecule has 0 aromatic rings. The van der Waals surface area contributed by atoms with Gasteiger partial charge in [0.05, 0.1) is 0 Å². The van der Waals surface area contributed by atoms with Gasteiger partial charge in [0, 0.05) is 18.5 Å². The van der Waals surface area contributed by atoms with Crippen LogP contribution in [-0.2, 0) is 9.59 Å². The largest absolute Gasteiger partial charge is 0.480 e.